The van der Waals surface area contributed by atoms with E-state index in [1.54, 1.807) is 12.1 Å². The van der Waals surface area contributed by atoms with Crippen molar-refractivity contribution in [3.63, 3.8) is 0 Å². The lowest BCUT2D eigenvalue weighted by Crippen LogP contribution is -2.41. The van der Waals surface area contributed by atoms with Gasteiger partial charge in [-0.3, -0.25) is 0 Å². The van der Waals surface area contributed by atoms with Gasteiger partial charge < -0.3 is 15.5 Å². The van der Waals surface area contributed by atoms with E-state index in [9.17, 15) is 4.39 Å². The van der Waals surface area contributed by atoms with Crippen molar-refractivity contribution in [3.05, 3.63) is 35.6 Å². The molecule has 0 aromatic heterocycles. The van der Waals surface area contributed by atoms with E-state index < -0.39 is 0 Å². The molecule has 2 N–H and O–H groups in total. The SMILES string of the molecule is CCNC(=NCc1ccccc1F)NCCN1CCCCCC1. The van der Waals surface area contributed by atoms with Gasteiger partial charge in [0.15, 0.2) is 5.96 Å². The zero-order valence-electron chi connectivity index (χ0n) is 14.2. The third-order valence-corrected chi connectivity index (χ3v) is 4.13. The standard InChI is InChI=1S/C18H29FN4/c1-2-20-18(22-15-16-9-5-6-10-17(16)19)21-11-14-23-12-7-3-4-8-13-23/h5-6,9-10H,2-4,7-8,11-15H2,1H3,(H2,20,21,22). The highest BCUT2D eigenvalue weighted by Gasteiger charge is 2.08. The van der Waals surface area contributed by atoms with E-state index in [1.807, 2.05) is 13.0 Å². The predicted molar refractivity (Wildman–Crippen MR) is 94.1 cm³/mol. The molecule has 2 rings (SSSR count). The topological polar surface area (TPSA) is 39.7 Å². The first kappa shape index (κ1) is 17.7. The number of guanidine groups is 1. The number of hydrogen-bond donors (Lipinski definition) is 2. The maximum atomic E-state index is 13.6. The Morgan fingerprint density at radius 3 is 2.57 bits per heavy atom. The highest BCUT2D eigenvalue weighted by atomic mass is 19.1. The van der Waals surface area contributed by atoms with Crippen molar-refractivity contribution in [2.24, 2.45) is 4.99 Å². The molecule has 1 aromatic carbocycles. The molecule has 1 heterocycles. The Morgan fingerprint density at radius 2 is 1.87 bits per heavy atom. The highest BCUT2D eigenvalue weighted by molar-refractivity contribution is 5.79. The second-order valence-electron chi connectivity index (χ2n) is 5.97. The molecule has 5 heteroatoms. The summed E-state index contributed by atoms with van der Waals surface area (Å²) in [4.78, 5) is 7.00. The van der Waals surface area contributed by atoms with Crippen LogP contribution in [0.25, 0.3) is 0 Å². The maximum Gasteiger partial charge on any atom is 0.191 e. The summed E-state index contributed by atoms with van der Waals surface area (Å²) in [5.41, 5.74) is 0.622. The lowest BCUT2D eigenvalue weighted by Gasteiger charge is -2.20. The van der Waals surface area contributed by atoms with Crippen LogP contribution in [0.2, 0.25) is 0 Å². The monoisotopic (exact) mass is 320 g/mol. The summed E-state index contributed by atoms with van der Waals surface area (Å²) < 4.78 is 13.6. The zero-order valence-corrected chi connectivity index (χ0v) is 14.2. The number of nitrogens with zero attached hydrogens (tertiary/aromatic N) is 2. The summed E-state index contributed by atoms with van der Waals surface area (Å²) in [6, 6.07) is 6.80. The molecular weight excluding hydrogens is 291 g/mol. The molecular formula is C18H29FN4. The Hall–Kier alpha value is -1.62. The van der Waals surface area contributed by atoms with E-state index in [2.05, 4.69) is 20.5 Å². The molecule has 0 amide bonds. The van der Waals surface area contributed by atoms with Crippen LogP contribution in [0.15, 0.2) is 29.3 Å². The normalized spacial score (nSPS) is 16.9. The van der Waals surface area contributed by atoms with Crippen LogP contribution in [0.5, 0.6) is 0 Å². The summed E-state index contributed by atoms with van der Waals surface area (Å²) in [7, 11) is 0. The second-order valence-corrected chi connectivity index (χ2v) is 5.97. The summed E-state index contributed by atoms with van der Waals surface area (Å²) in [6.45, 7) is 7.48. The van der Waals surface area contributed by atoms with Crippen molar-refractivity contribution in [1.29, 1.82) is 0 Å². The molecule has 0 saturated carbocycles. The van der Waals surface area contributed by atoms with Gasteiger partial charge in [0.2, 0.25) is 0 Å². The third kappa shape index (κ3) is 6.57. The lowest BCUT2D eigenvalue weighted by atomic mass is 10.2. The Kier molecular flexibility index (Phi) is 7.87. The molecule has 0 radical (unpaired) electrons. The lowest BCUT2D eigenvalue weighted by molar-refractivity contribution is 0.289. The molecule has 23 heavy (non-hydrogen) atoms. The molecule has 1 aliphatic rings. The molecule has 1 aliphatic heterocycles. The van der Waals surface area contributed by atoms with Crippen LogP contribution >= 0.6 is 0 Å². The molecule has 0 spiro atoms. The van der Waals surface area contributed by atoms with Crippen LogP contribution in [0.1, 0.15) is 38.2 Å². The second kappa shape index (κ2) is 10.2. The van der Waals surface area contributed by atoms with E-state index in [1.165, 1.54) is 44.8 Å². The molecule has 0 bridgehead atoms. The van der Waals surface area contributed by atoms with Crippen molar-refractivity contribution >= 4 is 5.96 Å². The first-order chi connectivity index (χ1) is 11.3. The van der Waals surface area contributed by atoms with Gasteiger partial charge in [0.05, 0.1) is 6.54 Å². The molecule has 0 atom stereocenters. The van der Waals surface area contributed by atoms with Gasteiger partial charge in [0.25, 0.3) is 0 Å². The molecule has 1 fully saturated rings. The Labute approximate surface area is 139 Å². The van der Waals surface area contributed by atoms with Crippen LogP contribution in [-0.2, 0) is 6.54 Å². The first-order valence-corrected chi connectivity index (χ1v) is 8.77. The molecule has 4 nitrogen and oxygen atoms in total. The number of hydrogen-bond acceptors (Lipinski definition) is 2. The fourth-order valence-corrected chi connectivity index (χ4v) is 2.82. The van der Waals surface area contributed by atoms with Gasteiger partial charge in [0.1, 0.15) is 5.82 Å². The van der Waals surface area contributed by atoms with Gasteiger partial charge in [-0.2, -0.15) is 0 Å². The minimum Gasteiger partial charge on any atom is -0.357 e. The highest BCUT2D eigenvalue weighted by Crippen LogP contribution is 2.09. The van der Waals surface area contributed by atoms with Gasteiger partial charge in [-0.15, -0.1) is 0 Å². The Bertz CT molecular complexity index is 482. The van der Waals surface area contributed by atoms with Crippen molar-refractivity contribution in [1.82, 2.24) is 15.5 Å². The molecule has 0 aliphatic carbocycles. The summed E-state index contributed by atoms with van der Waals surface area (Å²) in [5, 5.41) is 6.57. The molecule has 0 unspecified atom stereocenters. The number of rotatable bonds is 6. The smallest absolute Gasteiger partial charge is 0.191 e. The van der Waals surface area contributed by atoms with Crippen LogP contribution < -0.4 is 10.6 Å². The van der Waals surface area contributed by atoms with E-state index >= 15 is 0 Å². The van der Waals surface area contributed by atoms with Gasteiger partial charge in [-0.05, 0) is 38.9 Å². The van der Waals surface area contributed by atoms with Crippen LogP contribution in [-0.4, -0.2) is 43.6 Å². The maximum absolute atomic E-state index is 13.6. The predicted octanol–water partition coefficient (Wildman–Crippen LogP) is 2.76. The van der Waals surface area contributed by atoms with E-state index in [4.69, 9.17) is 0 Å². The van der Waals surface area contributed by atoms with Crippen LogP contribution in [0, 0.1) is 5.82 Å². The largest absolute Gasteiger partial charge is 0.357 e. The Balaban J connectivity index is 1.80. The zero-order chi connectivity index (χ0) is 16.3. The van der Waals surface area contributed by atoms with Crippen molar-refractivity contribution in [2.75, 3.05) is 32.7 Å². The quantitative estimate of drug-likeness (QED) is 0.625. The van der Waals surface area contributed by atoms with Gasteiger partial charge in [-0.1, -0.05) is 31.0 Å². The van der Waals surface area contributed by atoms with Crippen molar-refractivity contribution in [3.8, 4) is 0 Å². The fraction of sp³-hybridized carbons (Fsp3) is 0.611. The third-order valence-electron chi connectivity index (χ3n) is 4.13. The molecule has 1 aromatic rings. The van der Waals surface area contributed by atoms with E-state index in [0.717, 1.165) is 25.6 Å². The van der Waals surface area contributed by atoms with Gasteiger partial charge >= 0.3 is 0 Å². The average molecular weight is 320 g/mol. The van der Waals surface area contributed by atoms with Crippen LogP contribution in [0.4, 0.5) is 4.39 Å². The fourth-order valence-electron chi connectivity index (χ4n) is 2.82. The Morgan fingerprint density at radius 1 is 1.13 bits per heavy atom. The number of likely N-dealkylation sites (tertiary alicyclic amines) is 1. The van der Waals surface area contributed by atoms with Gasteiger partial charge in [-0.25, -0.2) is 9.38 Å². The number of benzene rings is 1. The number of halogens is 1. The minimum atomic E-state index is -0.198. The van der Waals surface area contributed by atoms with E-state index in [0.29, 0.717) is 12.1 Å². The molecule has 128 valence electrons. The summed E-state index contributed by atoms with van der Waals surface area (Å²) >= 11 is 0. The first-order valence-electron chi connectivity index (χ1n) is 8.77. The van der Waals surface area contributed by atoms with Crippen LogP contribution in [0.3, 0.4) is 0 Å². The van der Waals surface area contributed by atoms with Crippen molar-refractivity contribution < 1.29 is 4.39 Å². The molecule has 1 saturated heterocycles. The van der Waals surface area contributed by atoms with E-state index in [-0.39, 0.29) is 5.82 Å². The minimum absolute atomic E-state index is 0.198. The summed E-state index contributed by atoms with van der Waals surface area (Å²) in [5.74, 6) is 0.558. The summed E-state index contributed by atoms with van der Waals surface area (Å²) in [6.07, 6.45) is 5.33. The van der Waals surface area contributed by atoms with Gasteiger partial charge in [0, 0.05) is 25.2 Å². The number of nitrogens with one attached hydrogen (secondary N) is 2. The van der Waals surface area contributed by atoms with Crippen molar-refractivity contribution in [2.45, 2.75) is 39.2 Å². The number of aliphatic imine (C=N–C) groups is 1. The average Bonchev–Trinajstić information content (AvgIpc) is 2.83.